The van der Waals surface area contributed by atoms with E-state index in [1.54, 1.807) is 6.92 Å². The molecule has 0 bridgehead atoms. The summed E-state index contributed by atoms with van der Waals surface area (Å²) in [7, 11) is 0. The molecule has 1 fully saturated rings. The summed E-state index contributed by atoms with van der Waals surface area (Å²) in [5.41, 5.74) is 6.15. The summed E-state index contributed by atoms with van der Waals surface area (Å²) in [5.74, 6) is 0.889. The molecule has 0 radical (unpaired) electrons. The second kappa shape index (κ2) is 9.26. The van der Waals surface area contributed by atoms with Crippen molar-refractivity contribution in [2.24, 2.45) is 5.92 Å². The number of nitrogens with zero attached hydrogens (tertiary/aromatic N) is 5. The van der Waals surface area contributed by atoms with Crippen LogP contribution in [-0.2, 0) is 24.3 Å². The Bertz CT molecular complexity index is 1370. The number of carbonyl (C=O) groups is 1. The van der Waals surface area contributed by atoms with Crippen molar-refractivity contribution in [3.05, 3.63) is 54.1 Å². The number of pyridine rings is 1. The molecule has 5 heterocycles. The normalized spacial score (nSPS) is 16.5. The SMILES string of the molecule is CC(=O)N1CCc2[nH]nc(-c3cccc4cc(-c5cnn(CCC6CCNCC6)c5)ncc34)c2C1. The minimum atomic E-state index is 0.100. The van der Waals surface area contributed by atoms with Gasteiger partial charge < -0.3 is 10.2 Å². The van der Waals surface area contributed by atoms with E-state index in [4.69, 9.17) is 4.98 Å². The molecular formula is C27H31N7O. The monoisotopic (exact) mass is 469 g/mol. The lowest BCUT2D eigenvalue weighted by Gasteiger charge is -2.26. The fraction of sp³-hybridized carbons (Fsp3) is 0.407. The second-order valence-corrected chi connectivity index (χ2v) is 9.79. The van der Waals surface area contributed by atoms with E-state index in [0.29, 0.717) is 6.54 Å². The fourth-order valence-corrected chi connectivity index (χ4v) is 5.43. The minimum absolute atomic E-state index is 0.100. The maximum atomic E-state index is 12.0. The van der Waals surface area contributed by atoms with Gasteiger partial charge in [0.05, 0.1) is 17.6 Å². The lowest BCUT2D eigenvalue weighted by atomic mass is 9.95. The highest BCUT2D eigenvalue weighted by Gasteiger charge is 2.25. The summed E-state index contributed by atoms with van der Waals surface area (Å²) in [6.07, 6.45) is 10.5. The molecule has 1 aromatic carbocycles. The Balaban J connectivity index is 1.26. The number of piperidine rings is 1. The molecule has 8 nitrogen and oxygen atoms in total. The Morgan fingerprint density at radius 2 is 2.09 bits per heavy atom. The third-order valence-electron chi connectivity index (χ3n) is 7.55. The second-order valence-electron chi connectivity index (χ2n) is 9.79. The Hall–Kier alpha value is -3.52. The van der Waals surface area contributed by atoms with Gasteiger partial charge in [0.25, 0.3) is 0 Å². The summed E-state index contributed by atoms with van der Waals surface area (Å²) < 4.78 is 2.05. The molecule has 0 saturated carbocycles. The number of carbonyl (C=O) groups excluding carboxylic acids is 1. The van der Waals surface area contributed by atoms with E-state index in [1.165, 1.54) is 19.3 Å². The van der Waals surface area contributed by atoms with Gasteiger partial charge in [-0.25, -0.2) is 0 Å². The first-order valence-electron chi connectivity index (χ1n) is 12.6. The highest BCUT2D eigenvalue weighted by Crippen LogP contribution is 2.34. The molecule has 0 aliphatic carbocycles. The lowest BCUT2D eigenvalue weighted by Crippen LogP contribution is -2.34. The standard InChI is InChI=1S/C27H31N7O/c1-18(35)33-11-8-25-24(17-33)27(32-31-25)22-4-2-3-20-13-26(29-15-23(20)22)21-14-30-34(16-21)12-7-19-5-9-28-10-6-19/h2-4,13-16,19,28H,5-12,17H2,1H3,(H,31,32). The molecule has 1 amide bonds. The molecule has 3 aromatic heterocycles. The largest absolute Gasteiger partial charge is 0.338 e. The van der Waals surface area contributed by atoms with Crippen LogP contribution < -0.4 is 5.32 Å². The van der Waals surface area contributed by atoms with Crippen molar-refractivity contribution < 1.29 is 4.79 Å². The van der Waals surface area contributed by atoms with Crippen LogP contribution in [0.1, 0.15) is 37.4 Å². The molecule has 0 unspecified atom stereocenters. The molecule has 6 rings (SSSR count). The van der Waals surface area contributed by atoms with Crippen molar-refractivity contribution in [2.45, 2.75) is 45.7 Å². The molecule has 2 aliphatic heterocycles. The zero-order valence-electron chi connectivity index (χ0n) is 20.1. The van der Waals surface area contributed by atoms with Crippen LogP contribution in [0.25, 0.3) is 33.3 Å². The van der Waals surface area contributed by atoms with E-state index in [-0.39, 0.29) is 5.91 Å². The Morgan fingerprint density at radius 3 is 2.94 bits per heavy atom. The van der Waals surface area contributed by atoms with E-state index in [2.05, 4.69) is 55.8 Å². The molecule has 35 heavy (non-hydrogen) atoms. The molecule has 0 spiro atoms. The third-order valence-corrected chi connectivity index (χ3v) is 7.55. The molecule has 1 saturated heterocycles. The highest BCUT2D eigenvalue weighted by molar-refractivity contribution is 5.97. The molecule has 2 N–H and O–H groups in total. The van der Waals surface area contributed by atoms with Crippen molar-refractivity contribution in [1.29, 1.82) is 0 Å². The molecule has 180 valence electrons. The Labute approximate surface area is 204 Å². The first-order valence-corrected chi connectivity index (χ1v) is 12.6. The average molecular weight is 470 g/mol. The summed E-state index contributed by atoms with van der Waals surface area (Å²) in [6, 6.07) is 8.41. The van der Waals surface area contributed by atoms with Crippen LogP contribution in [-0.4, -0.2) is 55.4 Å². The van der Waals surface area contributed by atoms with Gasteiger partial charge in [0.1, 0.15) is 0 Å². The number of H-pyrrole nitrogens is 1. The number of aromatic amines is 1. The number of aryl methyl sites for hydroxylation is 1. The summed E-state index contributed by atoms with van der Waals surface area (Å²) in [6.45, 7) is 6.17. The van der Waals surface area contributed by atoms with Gasteiger partial charge in [0, 0.05) is 73.1 Å². The Morgan fingerprint density at radius 1 is 1.20 bits per heavy atom. The van der Waals surface area contributed by atoms with Crippen LogP contribution in [0.4, 0.5) is 0 Å². The summed E-state index contributed by atoms with van der Waals surface area (Å²) in [5, 5.41) is 18.1. The van der Waals surface area contributed by atoms with Gasteiger partial charge in [-0.1, -0.05) is 18.2 Å². The van der Waals surface area contributed by atoms with Gasteiger partial charge in [-0.05, 0) is 49.7 Å². The first kappa shape index (κ1) is 22.0. The van der Waals surface area contributed by atoms with Crippen LogP contribution >= 0.6 is 0 Å². The van der Waals surface area contributed by atoms with E-state index < -0.39 is 0 Å². The Kier molecular flexibility index (Phi) is 5.82. The fourth-order valence-electron chi connectivity index (χ4n) is 5.43. The van der Waals surface area contributed by atoms with Gasteiger partial charge in [-0.3, -0.25) is 19.6 Å². The van der Waals surface area contributed by atoms with Crippen LogP contribution in [0, 0.1) is 5.92 Å². The maximum Gasteiger partial charge on any atom is 0.219 e. The van der Waals surface area contributed by atoms with Crippen LogP contribution in [0.5, 0.6) is 0 Å². The topological polar surface area (TPSA) is 91.7 Å². The van der Waals surface area contributed by atoms with Crippen molar-refractivity contribution in [1.82, 2.24) is 35.2 Å². The number of amides is 1. The molecule has 0 atom stereocenters. The number of fused-ring (bicyclic) bond motifs is 2. The summed E-state index contributed by atoms with van der Waals surface area (Å²) in [4.78, 5) is 18.6. The van der Waals surface area contributed by atoms with Crippen LogP contribution in [0.2, 0.25) is 0 Å². The molecule has 2 aliphatic rings. The quantitative estimate of drug-likeness (QED) is 0.464. The van der Waals surface area contributed by atoms with Crippen molar-refractivity contribution >= 4 is 16.7 Å². The maximum absolute atomic E-state index is 12.0. The predicted octanol–water partition coefficient (Wildman–Crippen LogP) is 3.78. The van der Waals surface area contributed by atoms with E-state index in [1.807, 2.05) is 17.3 Å². The van der Waals surface area contributed by atoms with Crippen LogP contribution in [0.3, 0.4) is 0 Å². The average Bonchev–Trinajstić information content (AvgIpc) is 3.54. The van der Waals surface area contributed by atoms with Gasteiger partial charge >= 0.3 is 0 Å². The predicted molar refractivity (Wildman–Crippen MR) is 136 cm³/mol. The number of hydrogen-bond acceptors (Lipinski definition) is 5. The van der Waals surface area contributed by atoms with Crippen molar-refractivity contribution in [3.63, 3.8) is 0 Å². The third kappa shape index (κ3) is 4.34. The van der Waals surface area contributed by atoms with Gasteiger partial charge in [-0.15, -0.1) is 0 Å². The number of nitrogens with one attached hydrogen (secondary N) is 2. The summed E-state index contributed by atoms with van der Waals surface area (Å²) >= 11 is 0. The van der Waals surface area contributed by atoms with Gasteiger partial charge in [-0.2, -0.15) is 10.2 Å². The highest BCUT2D eigenvalue weighted by atomic mass is 16.2. The smallest absolute Gasteiger partial charge is 0.219 e. The first-order chi connectivity index (χ1) is 17.2. The van der Waals surface area contributed by atoms with Gasteiger partial charge in [0.15, 0.2) is 0 Å². The van der Waals surface area contributed by atoms with E-state index >= 15 is 0 Å². The zero-order chi connectivity index (χ0) is 23.8. The molecule has 4 aromatic rings. The van der Waals surface area contributed by atoms with E-state index in [0.717, 1.165) is 83.1 Å². The van der Waals surface area contributed by atoms with Crippen molar-refractivity contribution in [2.75, 3.05) is 19.6 Å². The number of rotatable bonds is 5. The molecular weight excluding hydrogens is 438 g/mol. The number of benzene rings is 1. The number of hydrogen-bond donors (Lipinski definition) is 2. The van der Waals surface area contributed by atoms with Crippen LogP contribution in [0.15, 0.2) is 42.9 Å². The van der Waals surface area contributed by atoms with E-state index in [9.17, 15) is 4.79 Å². The van der Waals surface area contributed by atoms with Crippen molar-refractivity contribution in [3.8, 4) is 22.5 Å². The van der Waals surface area contributed by atoms with Gasteiger partial charge in [0.2, 0.25) is 5.91 Å². The lowest BCUT2D eigenvalue weighted by molar-refractivity contribution is -0.129. The molecule has 8 heteroatoms. The number of aromatic nitrogens is 5. The minimum Gasteiger partial charge on any atom is -0.338 e. The zero-order valence-corrected chi connectivity index (χ0v) is 20.1.